The number of hydrogen-bond acceptors (Lipinski definition) is 3. The zero-order chi connectivity index (χ0) is 13.1. The molecule has 1 heterocycles. The van der Waals surface area contributed by atoms with E-state index in [9.17, 15) is 0 Å². The molecule has 0 radical (unpaired) electrons. The van der Waals surface area contributed by atoms with Crippen LogP contribution >= 0.6 is 11.6 Å². The zero-order valence-corrected chi connectivity index (χ0v) is 10.8. The Bertz CT molecular complexity index is 679. The molecule has 0 aliphatic rings. The average molecular weight is 271 g/mol. The molecule has 0 saturated heterocycles. The highest BCUT2D eigenvalue weighted by molar-refractivity contribution is 6.30. The quantitative estimate of drug-likeness (QED) is 0.722. The van der Waals surface area contributed by atoms with Crippen LogP contribution in [0.5, 0.6) is 0 Å². The van der Waals surface area contributed by atoms with Crippen LogP contribution in [0.3, 0.4) is 0 Å². The molecule has 0 N–H and O–H groups in total. The number of benzene rings is 2. The third-order valence-electron chi connectivity index (χ3n) is 2.74. The molecule has 2 aromatic carbocycles. The highest BCUT2D eigenvalue weighted by atomic mass is 35.5. The molecule has 1 aromatic heterocycles. The fourth-order valence-corrected chi connectivity index (χ4v) is 2.07. The summed E-state index contributed by atoms with van der Waals surface area (Å²) < 4.78 is 5.26. The summed E-state index contributed by atoms with van der Waals surface area (Å²) in [5.41, 5.74) is 2.00. The van der Waals surface area contributed by atoms with Crippen LogP contribution in [0.4, 0.5) is 0 Å². The summed E-state index contributed by atoms with van der Waals surface area (Å²) >= 11 is 5.95. The lowest BCUT2D eigenvalue weighted by molar-refractivity contribution is 0.385. The molecule has 94 valence electrons. The second-order valence-electron chi connectivity index (χ2n) is 4.18. The molecule has 0 amide bonds. The van der Waals surface area contributed by atoms with Gasteiger partial charge in [0.1, 0.15) is 0 Å². The summed E-state index contributed by atoms with van der Waals surface area (Å²) in [6.45, 7) is 0. The first kappa shape index (κ1) is 11.9. The Balaban J connectivity index is 1.82. The second kappa shape index (κ2) is 5.24. The summed E-state index contributed by atoms with van der Waals surface area (Å²) in [6, 6.07) is 17.4. The molecule has 0 saturated carbocycles. The SMILES string of the molecule is Clc1cccc(Cc2nc(-c3ccccc3)no2)c1. The van der Waals surface area contributed by atoms with Crippen LogP contribution in [0.1, 0.15) is 11.5 Å². The summed E-state index contributed by atoms with van der Waals surface area (Å²) in [5.74, 6) is 1.19. The van der Waals surface area contributed by atoms with Gasteiger partial charge < -0.3 is 4.52 Å². The first-order valence-corrected chi connectivity index (χ1v) is 6.31. The number of halogens is 1. The van der Waals surface area contributed by atoms with Gasteiger partial charge in [-0.15, -0.1) is 0 Å². The van der Waals surface area contributed by atoms with E-state index in [1.807, 2.05) is 54.6 Å². The predicted molar refractivity (Wildman–Crippen MR) is 74.0 cm³/mol. The van der Waals surface area contributed by atoms with E-state index in [-0.39, 0.29) is 0 Å². The third kappa shape index (κ3) is 2.83. The zero-order valence-electron chi connectivity index (χ0n) is 10.1. The second-order valence-corrected chi connectivity index (χ2v) is 4.62. The van der Waals surface area contributed by atoms with E-state index in [2.05, 4.69) is 10.1 Å². The van der Waals surface area contributed by atoms with Gasteiger partial charge in [-0.3, -0.25) is 0 Å². The third-order valence-corrected chi connectivity index (χ3v) is 2.98. The molecular formula is C15H11ClN2O. The van der Waals surface area contributed by atoms with Gasteiger partial charge >= 0.3 is 0 Å². The van der Waals surface area contributed by atoms with E-state index in [4.69, 9.17) is 16.1 Å². The summed E-state index contributed by atoms with van der Waals surface area (Å²) in [7, 11) is 0. The number of nitrogens with zero attached hydrogens (tertiary/aromatic N) is 2. The smallest absolute Gasteiger partial charge is 0.231 e. The summed E-state index contributed by atoms with van der Waals surface area (Å²) in [5, 5.41) is 4.69. The molecule has 3 aromatic rings. The van der Waals surface area contributed by atoms with Crippen molar-refractivity contribution in [2.24, 2.45) is 0 Å². The number of hydrogen-bond donors (Lipinski definition) is 0. The van der Waals surface area contributed by atoms with Gasteiger partial charge in [0.15, 0.2) is 0 Å². The number of aromatic nitrogens is 2. The van der Waals surface area contributed by atoms with Gasteiger partial charge in [-0.25, -0.2) is 0 Å². The molecular weight excluding hydrogens is 260 g/mol. The van der Waals surface area contributed by atoms with Crippen molar-refractivity contribution >= 4 is 11.6 Å². The molecule has 0 aliphatic heterocycles. The summed E-state index contributed by atoms with van der Waals surface area (Å²) in [4.78, 5) is 4.38. The Kier molecular flexibility index (Phi) is 3.29. The maximum Gasteiger partial charge on any atom is 0.231 e. The van der Waals surface area contributed by atoms with Crippen LogP contribution in [-0.2, 0) is 6.42 Å². The van der Waals surface area contributed by atoms with Crippen LogP contribution in [0.2, 0.25) is 5.02 Å². The standard InChI is InChI=1S/C15H11ClN2O/c16-13-8-4-5-11(9-13)10-14-17-15(18-19-14)12-6-2-1-3-7-12/h1-9H,10H2. The summed E-state index contributed by atoms with van der Waals surface area (Å²) in [6.07, 6.45) is 0.584. The first-order chi connectivity index (χ1) is 9.31. The van der Waals surface area contributed by atoms with Crippen molar-refractivity contribution in [3.05, 3.63) is 71.1 Å². The molecule has 3 rings (SSSR count). The van der Waals surface area contributed by atoms with Gasteiger partial charge in [0, 0.05) is 10.6 Å². The van der Waals surface area contributed by atoms with E-state index in [1.165, 1.54) is 0 Å². The molecule has 0 unspecified atom stereocenters. The monoisotopic (exact) mass is 270 g/mol. The minimum atomic E-state index is 0.584. The topological polar surface area (TPSA) is 38.9 Å². The maximum atomic E-state index is 5.95. The fourth-order valence-electron chi connectivity index (χ4n) is 1.85. The molecule has 4 heteroatoms. The maximum absolute atomic E-state index is 5.95. The molecule has 0 fully saturated rings. The highest BCUT2D eigenvalue weighted by Crippen LogP contribution is 2.18. The average Bonchev–Trinajstić information content (AvgIpc) is 2.88. The van der Waals surface area contributed by atoms with E-state index in [0.29, 0.717) is 23.2 Å². The lowest BCUT2D eigenvalue weighted by Crippen LogP contribution is -1.88. The van der Waals surface area contributed by atoms with Crippen molar-refractivity contribution in [3.63, 3.8) is 0 Å². The lowest BCUT2D eigenvalue weighted by atomic mass is 10.1. The van der Waals surface area contributed by atoms with E-state index in [0.717, 1.165) is 11.1 Å². The minimum absolute atomic E-state index is 0.584. The van der Waals surface area contributed by atoms with Crippen LogP contribution in [0, 0.1) is 0 Å². The molecule has 0 spiro atoms. The number of rotatable bonds is 3. The minimum Gasteiger partial charge on any atom is -0.339 e. The van der Waals surface area contributed by atoms with Gasteiger partial charge in [0.25, 0.3) is 0 Å². The van der Waals surface area contributed by atoms with Crippen LogP contribution < -0.4 is 0 Å². The Morgan fingerprint density at radius 2 is 1.84 bits per heavy atom. The highest BCUT2D eigenvalue weighted by Gasteiger charge is 2.08. The Morgan fingerprint density at radius 1 is 1.00 bits per heavy atom. The molecule has 0 atom stereocenters. The normalized spacial score (nSPS) is 10.6. The Hall–Kier alpha value is -2.13. The lowest BCUT2D eigenvalue weighted by Gasteiger charge is -1.96. The largest absolute Gasteiger partial charge is 0.339 e. The van der Waals surface area contributed by atoms with Gasteiger partial charge in [-0.2, -0.15) is 4.98 Å². The molecule has 19 heavy (non-hydrogen) atoms. The Morgan fingerprint density at radius 3 is 2.63 bits per heavy atom. The van der Waals surface area contributed by atoms with E-state index in [1.54, 1.807) is 0 Å². The predicted octanol–water partition coefficient (Wildman–Crippen LogP) is 3.98. The van der Waals surface area contributed by atoms with Crippen LogP contribution in [0.15, 0.2) is 59.1 Å². The van der Waals surface area contributed by atoms with Crippen LogP contribution in [-0.4, -0.2) is 10.1 Å². The van der Waals surface area contributed by atoms with Crippen molar-refractivity contribution in [2.45, 2.75) is 6.42 Å². The van der Waals surface area contributed by atoms with Crippen molar-refractivity contribution < 1.29 is 4.52 Å². The van der Waals surface area contributed by atoms with Crippen molar-refractivity contribution in [2.75, 3.05) is 0 Å². The Labute approximate surface area is 115 Å². The van der Waals surface area contributed by atoms with Gasteiger partial charge in [-0.1, -0.05) is 59.2 Å². The van der Waals surface area contributed by atoms with Crippen molar-refractivity contribution in [1.82, 2.24) is 10.1 Å². The molecule has 0 bridgehead atoms. The molecule has 3 nitrogen and oxygen atoms in total. The van der Waals surface area contributed by atoms with Gasteiger partial charge in [-0.05, 0) is 17.7 Å². The first-order valence-electron chi connectivity index (χ1n) is 5.94. The molecule has 0 aliphatic carbocycles. The van der Waals surface area contributed by atoms with Gasteiger partial charge in [0.05, 0.1) is 6.42 Å². The van der Waals surface area contributed by atoms with Crippen molar-refractivity contribution in [1.29, 1.82) is 0 Å². The fraction of sp³-hybridized carbons (Fsp3) is 0.0667. The van der Waals surface area contributed by atoms with E-state index < -0.39 is 0 Å². The van der Waals surface area contributed by atoms with Crippen LogP contribution in [0.25, 0.3) is 11.4 Å². The van der Waals surface area contributed by atoms with E-state index >= 15 is 0 Å². The van der Waals surface area contributed by atoms with Crippen molar-refractivity contribution in [3.8, 4) is 11.4 Å². The van der Waals surface area contributed by atoms with Gasteiger partial charge in [0.2, 0.25) is 11.7 Å².